The van der Waals surface area contributed by atoms with Crippen LogP contribution in [-0.2, 0) is 0 Å². The van der Waals surface area contributed by atoms with Gasteiger partial charge in [0.05, 0.1) is 12.2 Å². The number of rotatable bonds is 1. The molecule has 15 heavy (non-hydrogen) atoms. The maximum absolute atomic E-state index is 11.7. The number of carbonyl (C=O) groups excluding carboxylic acids is 1. The average Bonchev–Trinajstić information content (AvgIpc) is 2.18. The molecule has 78 valence electrons. The number of ketones is 1. The first kappa shape index (κ1) is 9.97. The predicted octanol–water partition coefficient (Wildman–Crippen LogP) is 2.99. The number of hydrogen-bond donors (Lipinski definition) is 0. The van der Waals surface area contributed by atoms with Crippen molar-refractivity contribution in [1.29, 1.82) is 0 Å². The molecule has 0 amide bonds. The summed E-state index contributed by atoms with van der Waals surface area (Å²) in [6.45, 7) is 8.30. The summed E-state index contributed by atoms with van der Waals surface area (Å²) in [4.78, 5) is 11.7. The Balaban J connectivity index is 2.67. The number of fused-ring (bicyclic) bond motifs is 1. The second kappa shape index (κ2) is 3.54. The number of aryl methyl sites for hydroxylation is 1. The van der Waals surface area contributed by atoms with Crippen LogP contribution in [0.25, 0.3) is 5.57 Å². The van der Waals surface area contributed by atoms with E-state index < -0.39 is 0 Å². The van der Waals surface area contributed by atoms with Crippen molar-refractivity contribution in [1.82, 2.24) is 0 Å². The number of carbonyl (C=O) groups is 1. The van der Waals surface area contributed by atoms with E-state index in [4.69, 9.17) is 4.74 Å². The minimum absolute atomic E-state index is 0.169. The fourth-order valence-corrected chi connectivity index (χ4v) is 1.83. The smallest absolute Gasteiger partial charge is 0.170 e. The highest BCUT2D eigenvalue weighted by atomic mass is 16.5. The van der Waals surface area contributed by atoms with Crippen LogP contribution in [0.4, 0.5) is 0 Å². The van der Waals surface area contributed by atoms with Crippen LogP contribution in [0.1, 0.15) is 34.8 Å². The molecular formula is C13H14O2. The average molecular weight is 202 g/mol. The summed E-state index contributed by atoms with van der Waals surface area (Å²) in [5.74, 6) is 0.881. The maximum atomic E-state index is 11.7. The summed E-state index contributed by atoms with van der Waals surface area (Å²) in [6, 6.07) is 3.91. The largest absolute Gasteiger partial charge is 0.492 e. The molecule has 2 rings (SSSR count). The van der Waals surface area contributed by atoms with Gasteiger partial charge in [-0.05, 0) is 37.1 Å². The van der Waals surface area contributed by atoms with Crippen LogP contribution in [0.3, 0.4) is 0 Å². The predicted molar refractivity (Wildman–Crippen MR) is 60.3 cm³/mol. The van der Waals surface area contributed by atoms with E-state index in [1.54, 1.807) is 0 Å². The Bertz CT molecular complexity index is 427. The molecule has 0 unspecified atom stereocenters. The first-order valence-corrected chi connectivity index (χ1v) is 5.06. The second-order valence-corrected chi connectivity index (χ2v) is 3.99. The van der Waals surface area contributed by atoms with Gasteiger partial charge in [0, 0.05) is 12.0 Å². The van der Waals surface area contributed by atoms with Crippen molar-refractivity contribution < 1.29 is 9.53 Å². The van der Waals surface area contributed by atoms with Gasteiger partial charge in [-0.25, -0.2) is 0 Å². The highest BCUT2D eigenvalue weighted by molar-refractivity contribution is 6.01. The Morgan fingerprint density at radius 1 is 1.47 bits per heavy atom. The van der Waals surface area contributed by atoms with Crippen LogP contribution in [-0.4, -0.2) is 12.4 Å². The van der Waals surface area contributed by atoms with Gasteiger partial charge in [0.25, 0.3) is 0 Å². The quantitative estimate of drug-likeness (QED) is 0.699. The van der Waals surface area contributed by atoms with Gasteiger partial charge >= 0.3 is 0 Å². The lowest BCUT2D eigenvalue weighted by atomic mass is 9.95. The van der Waals surface area contributed by atoms with Crippen LogP contribution in [0.5, 0.6) is 5.75 Å². The minimum atomic E-state index is 0.169. The highest BCUT2D eigenvalue weighted by Crippen LogP contribution is 2.33. The molecule has 0 aliphatic carbocycles. The van der Waals surface area contributed by atoms with Crippen molar-refractivity contribution >= 4 is 11.4 Å². The molecule has 0 saturated carbocycles. The Morgan fingerprint density at radius 3 is 2.87 bits per heavy atom. The van der Waals surface area contributed by atoms with Gasteiger partial charge in [-0.3, -0.25) is 4.79 Å². The summed E-state index contributed by atoms with van der Waals surface area (Å²) in [6.07, 6.45) is 0.478. The number of ether oxygens (including phenoxy) is 1. The highest BCUT2D eigenvalue weighted by Gasteiger charge is 2.21. The molecule has 2 heteroatoms. The normalized spacial score (nSPS) is 14.4. The molecule has 0 aromatic heterocycles. The molecule has 1 aliphatic rings. The standard InChI is InChI=1S/C13H14O2/c1-8(2)10-6-9(3)7-11-12(14)4-5-15-13(10)11/h6-7H,1,4-5H2,2-3H3. The molecule has 2 nitrogen and oxygen atoms in total. The van der Waals surface area contributed by atoms with Gasteiger partial charge in [-0.2, -0.15) is 0 Å². The van der Waals surface area contributed by atoms with E-state index in [1.165, 1.54) is 0 Å². The van der Waals surface area contributed by atoms with E-state index in [9.17, 15) is 4.79 Å². The fraction of sp³-hybridized carbons (Fsp3) is 0.308. The molecule has 1 aromatic rings. The molecule has 0 atom stereocenters. The molecule has 1 aliphatic heterocycles. The summed E-state index contributed by atoms with van der Waals surface area (Å²) in [5, 5.41) is 0. The van der Waals surface area contributed by atoms with Crippen molar-refractivity contribution in [2.75, 3.05) is 6.61 Å². The Morgan fingerprint density at radius 2 is 2.20 bits per heavy atom. The van der Waals surface area contributed by atoms with Crippen LogP contribution < -0.4 is 4.74 Å². The molecule has 1 heterocycles. The van der Waals surface area contributed by atoms with Gasteiger partial charge < -0.3 is 4.74 Å². The molecule has 0 saturated heterocycles. The van der Waals surface area contributed by atoms with Crippen LogP contribution in [0.15, 0.2) is 18.7 Å². The third-order valence-electron chi connectivity index (χ3n) is 2.57. The SMILES string of the molecule is C=C(C)c1cc(C)cc2c1OCCC2=O. The van der Waals surface area contributed by atoms with E-state index in [0.717, 1.165) is 16.7 Å². The minimum Gasteiger partial charge on any atom is -0.492 e. The van der Waals surface area contributed by atoms with Crippen molar-refractivity contribution in [3.63, 3.8) is 0 Å². The van der Waals surface area contributed by atoms with Gasteiger partial charge in [0.2, 0.25) is 0 Å². The number of allylic oxidation sites excluding steroid dienone is 1. The number of Topliss-reactive ketones (excluding diaryl/α,β-unsaturated/α-hetero) is 1. The molecule has 1 aromatic carbocycles. The van der Waals surface area contributed by atoms with Crippen molar-refractivity contribution in [3.8, 4) is 5.75 Å². The van der Waals surface area contributed by atoms with E-state index in [0.29, 0.717) is 24.3 Å². The van der Waals surface area contributed by atoms with Crippen molar-refractivity contribution in [3.05, 3.63) is 35.4 Å². The lowest BCUT2D eigenvalue weighted by Crippen LogP contribution is -2.16. The second-order valence-electron chi connectivity index (χ2n) is 3.99. The van der Waals surface area contributed by atoms with Crippen molar-refractivity contribution in [2.24, 2.45) is 0 Å². The summed E-state index contributed by atoms with van der Waals surface area (Å²) < 4.78 is 5.56. The molecular weight excluding hydrogens is 188 g/mol. The fourth-order valence-electron chi connectivity index (χ4n) is 1.83. The number of hydrogen-bond acceptors (Lipinski definition) is 2. The number of benzene rings is 1. The lowest BCUT2D eigenvalue weighted by Gasteiger charge is -2.20. The van der Waals surface area contributed by atoms with Crippen LogP contribution >= 0.6 is 0 Å². The third kappa shape index (κ3) is 1.67. The summed E-state index contributed by atoms with van der Waals surface area (Å²) in [5.41, 5.74) is 3.67. The Kier molecular flexibility index (Phi) is 2.35. The molecule has 0 spiro atoms. The zero-order valence-electron chi connectivity index (χ0n) is 9.09. The molecule has 0 bridgehead atoms. The van der Waals surface area contributed by atoms with Gasteiger partial charge in [0.1, 0.15) is 5.75 Å². The first-order chi connectivity index (χ1) is 7.09. The molecule has 0 fully saturated rings. The third-order valence-corrected chi connectivity index (χ3v) is 2.57. The Hall–Kier alpha value is -1.57. The maximum Gasteiger partial charge on any atom is 0.170 e. The van der Waals surface area contributed by atoms with Crippen LogP contribution in [0.2, 0.25) is 0 Å². The molecule has 0 radical (unpaired) electrons. The zero-order chi connectivity index (χ0) is 11.0. The van der Waals surface area contributed by atoms with E-state index in [2.05, 4.69) is 6.58 Å². The van der Waals surface area contributed by atoms with Crippen LogP contribution in [0, 0.1) is 6.92 Å². The van der Waals surface area contributed by atoms with E-state index >= 15 is 0 Å². The Labute approximate surface area is 89.6 Å². The molecule has 0 N–H and O–H groups in total. The van der Waals surface area contributed by atoms with Gasteiger partial charge in [0.15, 0.2) is 5.78 Å². The van der Waals surface area contributed by atoms with E-state index in [-0.39, 0.29) is 5.78 Å². The topological polar surface area (TPSA) is 26.3 Å². The zero-order valence-corrected chi connectivity index (χ0v) is 9.09. The summed E-state index contributed by atoms with van der Waals surface area (Å²) >= 11 is 0. The lowest BCUT2D eigenvalue weighted by molar-refractivity contribution is 0.0933. The van der Waals surface area contributed by atoms with Crippen molar-refractivity contribution in [2.45, 2.75) is 20.3 Å². The van der Waals surface area contributed by atoms with E-state index in [1.807, 2.05) is 26.0 Å². The summed E-state index contributed by atoms with van der Waals surface area (Å²) in [7, 11) is 0. The monoisotopic (exact) mass is 202 g/mol. The first-order valence-electron chi connectivity index (χ1n) is 5.06. The van der Waals surface area contributed by atoms with Gasteiger partial charge in [-0.15, -0.1) is 0 Å². The van der Waals surface area contributed by atoms with Gasteiger partial charge in [-0.1, -0.05) is 6.58 Å².